The normalized spacial score (nSPS) is 29.2. The van der Waals surface area contributed by atoms with E-state index in [1.807, 2.05) is 28.9 Å². The van der Waals surface area contributed by atoms with Crippen LogP contribution < -0.4 is 5.73 Å². The number of piperidine rings is 1. The van der Waals surface area contributed by atoms with Crippen LogP contribution in [-0.4, -0.2) is 39.2 Å². The Labute approximate surface area is 152 Å². The highest BCUT2D eigenvalue weighted by atomic mass is 79.9. The summed E-state index contributed by atoms with van der Waals surface area (Å²) in [6.07, 6.45) is 9.94. The topological polar surface area (TPSA) is 64.2 Å². The van der Waals surface area contributed by atoms with Crippen LogP contribution in [0.3, 0.4) is 0 Å². The number of hydrogen-bond acceptors (Lipinski definition) is 3. The molecule has 1 aliphatic heterocycles. The molecule has 1 saturated heterocycles. The molecule has 2 aliphatic rings. The van der Waals surface area contributed by atoms with Crippen LogP contribution in [0, 0.1) is 5.92 Å². The first-order valence-electron chi connectivity index (χ1n) is 8.25. The highest BCUT2D eigenvalue weighted by Gasteiger charge is 2.40. The fourth-order valence-corrected chi connectivity index (χ4v) is 4.15. The van der Waals surface area contributed by atoms with Crippen molar-refractivity contribution >= 4 is 34.2 Å². The largest absolute Gasteiger partial charge is 0.342 e. The van der Waals surface area contributed by atoms with Crippen molar-refractivity contribution < 1.29 is 4.79 Å². The van der Waals surface area contributed by atoms with Gasteiger partial charge in [0, 0.05) is 24.8 Å². The molecule has 130 valence electrons. The number of nitrogens with two attached hydrogens (primary N) is 1. The SMILES string of the molecule is CC1(N)CCCCC1C(=O)N1CCC(n2cc(Br)cn2)CC1.Cl. The van der Waals surface area contributed by atoms with E-state index in [1.165, 1.54) is 0 Å². The molecule has 0 radical (unpaired) electrons. The van der Waals surface area contributed by atoms with Gasteiger partial charge in [-0.25, -0.2) is 0 Å². The smallest absolute Gasteiger partial charge is 0.227 e. The van der Waals surface area contributed by atoms with E-state index in [0.29, 0.717) is 6.04 Å². The minimum absolute atomic E-state index is 0. The Hall–Kier alpha value is -0.590. The molecule has 1 aromatic heterocycles. The van der Waals surface area contributed by atoms with Crippen molar-refractivity contribution in [1.82, 2.24) is 14.7 Å². The van der Waals surface area contributed by atoms with Crippen LogP contribution in [0.1, 0.15) is 51.5 Å². The lowest BCUT2D eigenvalue weighted by atomic mass is 9.74. The first-order valence-corrected chi connectivity index (χ1v) is 9.04. The Morgan fingerprint density at radius 2 is 2.04 bits per heavy atom. The Morgan fingerprint density at radius 3 is 2.61 bits per heavy atom. The number of carbonyl (C=O) groups is 1. The lowest BCUT2D eigenvalue weighted by molar-refractivity contribution is -0.140. The maximum Gasteiger partial charge on any atom is 0.227 e. The monoisotopic (exact) mass is 404 g/mol. The van der Waals surface area contributed by atoms with Gasteiger partial charge < -0.3 is 10.6 Å². The Balaban J connectivity index is 0.00000192. The lowest BCUT2D eigenvalue weighted by Crippen LogP contribution is -2.54. The quantitative estimate of drug-likeness (QED) is 0.822. The second-order valence-electron chi connectivity index (χ2n) is 7.00. The summed E-state index contributed by atoms with van der Waals surface area (Å²) in [6.45, 7) is 3.67. The highest BCUT2D eigenvalue weighted by molar-refractivity contribution is 9.10. The van der Waals surface area contributed by atoms with Gasteiger partial charge in [0.05, 0.1) is 22.6 Å². The Morgan fingerprint density at radius 1 is 1.35 bits per heavy atom. The predicted octanol–water partition coefficient (Wildman–Crippen LogP) is 3.14. The van der Waals surface area contributed by atoms with E-state index >= 15 is 0 Å². The molecular formula is C16H26BrClN4O. The van der Waals surface area contributed by atoms with Gasteiger partial charge in [-0.15, -0.1) is 12.4 Å². The molecule has 7 heteroatoms. The van der Waals surface area contributed by atoms with Crippen molar-refractivity contribution in [2.24, 2.45) is 11.7 Å². The molecule has 1 aromatic rings. The van der Waals surface area contributed by atoms with E-state index in [-0.39, 0.29) is 29.8 Å². The molecule has 2 unspecified atom stereocenters. The van der Waals surface area contributed by atoms with Crippen LogP contribution in [0.25, 0.3) is 0 Å². The van der Waals surface area contributed by atoms with Crippen LogP contribution in [0.5, 0.6) is 0 Å². The van der Waals surface area contributed by atoms with Crippen LogP contribution >= 0.6 is 28.3 Å². The van der Waals surface area contributed by atoms with E-state index in [1.54, 1.807) is 0 Å². The third-order valence-electron chi connectivity index (χ3n) is 5.27. The average molecular weight is 406 g/mol. The van der Waals surface area contributed by atoms with E-state index < -0.39 is 0 Å². The number of likely N-dealkylation sites (tertiary alicyclic amines) is 1. The van der Waals surface area contributed by atoms with Gasteiger partial charge in [-0.2, -0.15) is 5.10 Å². The summed E-state index contributed by atoms with van der Waals surface area (Å²) in [7, 11) is 0. The maximum atomic E-state index is 12.8. The minimum Gasteiger partial charge on any atom is -0.342 e. The number of halogens is 2. The molecule has 2 heterocycles. The van der Waals surface area contributed by atoms with Gasteiger partial charge in [0.1, 0.15) is 0 Å². The van der Waals surface area contributed by atoms with Crippen molar-refractivity contribution in [3.63, 3.8) is 0 Å². The molecule has 0 aromatic carbocycles. The van der Waals surface area contributed by atoms with Crippen molar-refractivity contribution in [1.29, 1.82) is 0 Å². The van der Waals surface area contributed by atoms with Gasteiger partial charge in [-0.3, -0.25) is 9.48 Å². The maximum absolute atomic E-state index is 12.8. The zero-order valence-electron chi connectivity index (χ0n) is 13.6. The summed E-state index contributed by atoms with van der Waals surface area (Å²) < 4.78 is 3.02. The van der Waals surface area contributed by atoms with Gasteiger partial charge >= 0.3 is 0 Å². The summed E-state index contributed by atoms with van der Waals surface area (Å²) >= 11 is 3.44. The second-order valence-corrected chi connectivity index (χ2v) is 7.91. The molecule has 5 nitrogen and oxygen atoms in total. The van der Waals surface area contributed by atoms with E-state index in [0.717, 1.165) is 56.1 Å². The van der Waals surface area contributed by atoms with Gasteiger partial charge in [-0.1, -0.05) is 12.8 Å². The zero-order valence-corrected chi connectivity index (χ0v) is 16.0. The number of rotatable bonds is 2. The van der Waals surface area contributed by atoms with Gasteiger partial charge in [0.25, 0.3) is 0 Å². The number of hydrogen-bond donors (Lipinski definition) is 1. The molecule has 3 rings (SSSR count). The van der Waals surface area contributed by atoms with Crippen molar-refractivity contribution in [3.8, 4) is 0 Å². The third-order valence-corrected chi connectivity index (χ3v) is 5.68. The summed E-state index contributed by atoms with van der Waals surface area (Å²) in [5.74, 6) is 0.265. The summed E-state index contributed by atoms with van der Waals surface area (Å²) in [5, 5.41) is 4.37. The fraction of sp³-hybridized carbons (Fsp3) is 0.750. The van der Waals surface area contributed by atoms with Crippen LogP contribution in [0.4, 0.5) is 0 Å². The molecule has 23 heavy (non-hydrogen) atoms. The number of aromatic nitrogens is 2. The second kappa shape index (κ2) is 7.53. The van der Waals surface area contributed by atoms with Gasteiger partial charge in [0.15, 0.2) is 0 Å². The average Bonchev–Trinajstić information content (AvgIpc) is 2.93. The first-order chi connectivity index (χ1) is 10.5. The van der Waals surface area contributed by atoms with Crippen LogP contribution in [0.15, 0.2) is 16.9 Å². The number of carbonyl (C=O) groups excluding carboxylic acids is 1. The standard InChI is InChI=1S/C16H25BrN4O.ClH/c1-16(18)7-3-2-4-14(16)15(22)20-8-5-13(6-9-20)21-11-12(17)10-19-21;/h10-11,13-14H,2-9,18H2,1H3;1H. The molecular weight excluding hydrogens is 380 g/mol. The zero-order chi connectivity index (χ0) is 15.7. The van der Waals surface area contributed by atoms with Gasteiger partial charge in [0.2, 0.25) is 5.91 Å². The summed E-state index contributed by atoms with van der Waals surface area (Å²) in [5.41, 5.74) is 6.05. The number of nitrogens with zero attached hydrogens (tertiary/aromatic N) is 3. The molecule has 0 spiro atoms. The molecule has 2 atom stereocenters. The summed E-state index contributed by atoms with van der Waals surface area (Å²) in [6, 6.07) is 0.394. The molecule has 0 bridgehead atoms. The Kier molecular flexibility index (Phi) is 6.14. The molecule has 1 amide bonds. The van der Waals surface area contributed by atoms with E-state index in [2.05, 4.69) is 21.0 Å². The molecule has 1 saturated carbocycles. The first kappa shape index (κ1) is 18.7. The molecule has 2 N–H and O–H groups in total. The molecule has 1 aliphatic carbocycles. The lowest BCUT2D eigenvalue weighted by Gasteiger charge is -2.41. The number of amides is 1. The minimum atomic E-state index is -0.334. The predicted molar refractivity (Wildman–Crippen MR) is 96.6 cm³/mol. The highest BCUT2D eigenvalue weighted by Crippen LogP contribution is 2.34. The fourth-order valence-electron chi connectivity index (χ4n) is 3.85. The van der Waals surface area contributed by atoms with Crippen molar-refractivity contribution in [3.05, 3.63) is 16.9 Å². The van der Waals surface area contributed by atoms with Crippen molar-refractivity contribution in [2.45, 2.75) is 57.0 Å². The van der Waals surface area contributed by atoms with Crippen molar-refractivity contribution in [2.75, 3.05) is 13.1 Å². The van der Waals surface area contributed by atoms with Crippen LogP contribution in [0.2, 0.25) is 0 Å². The van der Waals surface area contributed by atoms with Gasteiger partial charge in [-0.05, 0) is 48.5 Å². The van der Waals surface area contributed by atoms with E-state index in [4.69, 9.17) is 5.73 Å². The summed E-state index contributed by atoms with van der Waals surface area (Å²) in [4.78, 5) is 14.9. The Bertz CT molecular complexity index is 540. The van der Waals surface area contributed by atoms with E-state index in [9.17, 15) is 4.79 Å². The molecule has 2 fully saturated rings. The third kappa shape index (κ3) is 4.09. The van der Waals surface area contributed by atoms with Crippen LogP contribution in [-0.2, 0) is 4.79 Å².